The molecule has 5 nitrogen and oxygen atoms in total. The summed E-state index contributed by atoms with van der Waals surface area (Å²) in [5.74, 6) is 0. The first-order chi connectivity index (χ1) is 10.6. The van der Waals surface area contributed by atoms with Gasteiger partial charge >= 0.3 is 0 Å². The molecule has 1 aromatic heterocycles. The van der Waals surface area contributed by atoms with E-state index in [9.17, 15) is 9.90 Å². The van der Waals surface area contributed by atoms with Gasteiger partial charge in [0.05, 0.1) is 6.61 Å². The molecule has 5 heteroatoms. The largest absolute Gasteiger partial charge is 0.395 e. The predicted octanol–water partition coefficient (Wildman–Crippen LogP) is 0.945. The van der Waals surface area contributed by atoms with Gasteiger partial charge in [-0.15, -0.1) is 0 Å². The molecule has 22 heavy (non-hydrogen) atoms. The minimum absolute atomic E-state index is 0.0161. The lowest BCUT2D eigenvalue weighted by Gasteiger charge is -2.38. The van der Waals surface area contributed by atoms with Gasteiger partial charge in [-0.1, -0.05) is 12.1 Å². The fourth-order valence-corrected chi connectivity index (χ4v) is 3.07. The van der Waals surface area contributed by atoms with Crippen LogP contribution >= 0.6 is 0 Å². The number of aromatic nitrogens is 1. The highest BCUT2D eigenvalue weighted by Gasteiger charge is 2.24. The van der Waals surface area contributed by atoms with Crippen molar-refractivity contribution in [3.63, 3.8) is 0 Å². The molecule has 0 saturated carbocycles. The van der Waals surface area contributed by atoms with Gasteiger partial charge in [-0.25, -0.2) is 0 Å². The maximum Gasteiger partial charge on any atom is 0.252 e. The molecule has 0 amide bonds. The fourth-order valence-electron chi connectivity index (χ4n) is 3.07. The molecule has 1 saturated heterocycles. The number of aromatic amines is 1. The third-order valence-electron chi connectivity index (χ3n) is 4.54. The van der Waals surface area contributed by atoms with Crippen molar-refractivity contribution in [3.05, 3.63) is 45.7 Å². The second-order valence-corrected chi connectivity index (χ2v) is 6.27. The Kier molecular flexibility index (Phi) is 4.29. The molecule has 118 valence electrons. The van der Waals surface area contributed by atoms with E-state index in [1.54, 1.807) is 0 Å². The molecule has 0 aliphatic carbocycles. The highest BCUT2D eigenvalue weighted by Crippen LogP contribution is 2.15. The average molecular weight is 301 g/mol. The maximum atomic E-state index is 12.3. The summed E-state index contributed by atoms with van der Waals surface area (Å²) in [5, 5.41) is 10.5. The van der Waals surface area contributed by atoms with Gasteiger partial charge in [0, 0.05) is 43.3 Å². The van der Waals surface area contributed by atoms with Crippen LogP contribution in [0.5, 0.6) is 0 Å². The van der Waals surface area contributed by atoms with E-state index in [1.165, 1.54) is 0 Å². The van der Waals surface area contributed by atoms with Crippen LogP contribution in [0.4, 0.5) is 0 Å². The number of hydrogen-bond donors (Lipinski definition) is 2. The number of hydrogen-bond acceptors (Lipinski definition) is 4. The van der Waals surface area contributed by atoms with Crippen LogP contribution in [0.25, 0.3) is 10.9 Å². The molecule has 2 N–H and O–H groups in total. The number of pyridine rings is 1. The van der Waals surface area contributed by atoms with Crippen molar-refractivity contribution in [3.8, 4) is 0 Å². The van der Waals surface area contributed by atoms with Crippen molar-refractivity contribution in [2.75, 3.05) is 33.3 Å². The zero-order valence-corrected chi connectivity index (χ0v) is 13.2. The van der Waals surface area contributed by atoms with Crippen LogP contribution < -0.4 is 5.56 Å². The molecule has 1 aliphatic heterocycles. The number of aliphatic hydroxyl groups excluding tert-OH is 1. The van der Waals surface area contributed by atoms with Gasteiger partial charge in [-0.05, 0) is 37.1 Å². The van der Waals surface area contributed by atoms with Gasteiger partial charge in [-0.3, -0.25) is 14.6 Å². The van der Waals surface area contributed by atoms with Crippen LogP contribution in [-0.2, 0) is 6.54 Å². The molecular weight excluding hydrogens is 278 g/mol. The number of piperazine rings is 1. The number of nitrogens with one attached hydrogen (secondary N) is 1. The Balaban J connectivity index is 1.83. The summed E-state index contributed by atoms with van der Waals surface area (Å²) in [6.07, 6.45) is 0. The van der Waals surface area contributed by atoms with E-state index < -0.39 is 0 Å². The highest BCUT2D eigenvalue weighted by atomic mass is 16.3. The molecule has 2 heterocycles. The molecule has 0 radical (unpaired) electrons. The number of H-pyrrole nitrogens is 1. The first-order valence-electron chi connectivity index (χ1n) is 7.73. The summed E-state index contributed by atoms with van der Waals surface area (Å²) in [6.45, 7) is 5.42. The van der Waals surface area contributed by atoms with Crippen LogP contribution in [0.15, 0.2) is 29.1 Å². The lowest BCUT2D eigenvalue weighted by molar-refractivity contribution is 0.0538. The van der Waals surface area contributed by atoms with Crippen LogP contribution in [0.1, 0.15) is 11.1 Å². The van der Waals surface area contributed by atoms with E-state index in [0.717, 1.165) is 41.7 Å². The zero-order valence-electron chi connectivity index (χ0n) is 13.2. The molecule has 0 unspecified atom stereocenters. The monoisotopic (exact) mass is 301 g/mol. The Hall–Kier alpha value is -1.69. The molecule has 0 bridgehead atoms. The van der Waals surface area contributed by atoms with Crippen molar-refractivity contribution >= 4 is 10.9 Å². The van der Waals surface area contributed by atoms with Crippen LogP contribution in [0.3, 0.4) is 0 Å². The maximum absolute atomic E-state index is 12.3. The van der Waals surface area contributed by atoms with Crippen molar-refractivity contribution in [1.29, 1.82) is 0 Å². The van der Waals surface area contributed by atoms with E-state index in [0.29, 0.717) is 6.54 Å². The van der Waals surface area contributed by atoms with Crippen LogP contribution in [0.2, 0.25) is 0 Å². The predicted molar refractivity (Wildman–Crippen MR) is 88.1 cm³/mol. The number of nitrogens with zero attached hydrogens (tertiary/aromatic N) is 2. The Labute approximate surface area is 130 Å². The highest BCUT2D eigenvalue weighted by molar-refractivity contribution is 5.79. The lowest BCUT2D eigenvalue weighted by Crippen LogP contribution is -2.52. The summed E-state index contributed by atoms with van der Waals surface area (Å²) in [5.41, 5.74) is 2.80. The smallest absolute Gasteiger partial charge is 0.252 e. The quantitative estimate of drug-likeness (QED) is 0.886. The fraction of sp³-hybridized carbons (Fsp3) is 0.471. The van der Waals surface area contributed by atoms with Crippen LogP contribution in [0, 0.1) is 6.92 Å². The van der Waals surface area contributed by atoms with Crippen molar-refractivity contribution < 1.29 is 5.11 Å². The Morgan fingerprint density at radius 3 is 2.91 bits per heavy atom. The van der Waals surface area contributed by atoms with Crippen LogP contribution in [-0.4, -0.2) is 59.2 Å². The molecular formula is C17H23N3O2. The van der Waals surface area contributed by atoms with Gasteiger partial charge in [0.25, 0.3) is 5.56 Å². The number of rotatable bonds is 3. The molecule has 1 aromatic carbocycles. The number of fused-ring (bicyclic) bond motifs is 1. The first-order valence-corrected chi connectivity index (χ1v) is 7.73. The lowest BCUT2D eigenvalue weighted by atomic mass is 10.1. The minimum Gasteiger partial charge on any atom is -0.395 e. The van der Waals surface area contributed by atoms with Gasteiger partial charge < -0.3 is 10.1 Å². The summed E-state index contributed by atoms with van der Waals surface area (Å²) >= 11 is 0. The molecule has 0 spiro atoms. The van der Waals surface area contributed by atoms with Crippen molar-refractivity contribution in [2.45, 2.75) is 19.5 Å². The average Bonchev–Trinajstić information content (AvgIpc) is 2.50. The number of aryl methyl sites for hydroxylation is 1. The molecule has 2 aromatic rings. The summed E-state index contributed by atoms with van der Waals surface area (Å²) < 4.78 is 0. The Morgan fingerprint density at radius 2 is 2.14 bits per heavy atom. The normalized spacial score (nSPS) is 20.6. The van der Waals surface area contributed by atoms with E-state index in [-0.39, 0.29) is 18.2 Å². The molecule has 1 atom stereocenters. The number of benzene rings is 1. The molecule has 3 rings (SSSR count). The van der Waals surface area contributed by atoms with Gasteiger partial charge in [0.2, 0.25) is 0 Å². The third-order valence-corrected chi connectivity index (χ3v) is 4.54. The second-order valence-electron chi connectivity index (χ2n) is 6.27. The minimum atomic E-state index is -0.0161. The summed E-state index contributed by atoms with van der Waals surface area (Å²) in [6, 6.07) is 8.24. The van der Waals surface area contributed by atoms with Gasteiger partial charge in [0.15, 0.2) is 0 Å². The molecule has 1 aliphatic rings. The van der Waals surface area contributed by atoms with E-state index in [2.05, 4.69) is 20.9 Å². The molecule has 1 fully saturated rings. The summed E-state index contributed by atoms with van der Waals surface area (Å²) in [4.78, 5) is 19.7. The van der Waals surface area contributed by atoms with E-state index in [4.69, 9.17) is 0 Å². The van der Waals surface area contributed by atoms with Gasteiger partial charge in [-0.2, -0.15) is 0 Å². The topological polar surface area (TPSA) is 59.6 Å². The number of likely N-dealkylation sites (N-methyl/N-ethyl adjacent to an activating group) is 1. The zero-order chi connectivity index (χ0) is 15.7. The Bertz CT molecular complexity index is 725. The van der Waals surface area contributed by atoms with E-state index >= 15 is 0 Å². The van der Waals surface area contributed by atoms with E-state index in [1.807, 2.05) is 32.2 Å². The number of aliphatic hydroxyl groups is 1. The third kappa shape index (κ3) is 3.06. The summed E-state index contributed by atoms with van der Waals surface area (Å²) in [7, 11) is 2.03. The SMILES string of the molecule is Cc1ccc2cc(CN3CCN(C)[C@H](CO)C3)c(=O)[nH]c2c1. The van der Waals surface area contributed by atoms with Crippen molar-refractivity contribution in [2.24, 2.45) is 0 Å². The standard InChI is InChI=1S/C17H23N3O2/c1-12-3-4-13-8-14(17(22)18-16(13)7-12)9-20-6-5-19(2)15(10-20)11-21/h3-4,7-8,15,21H,5-6,9-11H2,1-2H3,(H,18,22)/t15-/m0/s1. The Morgan fingerprint density at radius 1 is 1.32 bits per heavy atom. The first kappa shape index (κ1) is 15.2. The van der Waals surface area contributed by atoms with Gasteiger partial charge in [0.1, 0.15) is 0 Å². The second kappa shape index (κ2) is 6.20. The van der Waals surface area contributed by atoms with Crippen molar-refractivity contribution in [1.82, 2.24) is 14.8 Å².